The summed E-state index contributed by atoms with van der Waals surface area (Å²) in [6, 6.07) is 21.3. The molecule has 0 aromatic heterocycles. The minimum absolute atomic E-state index is 0.200. The van der Waals surface area contributed by atoms with Crippen LogP contribution >= 0.6 is 0 Å². The Hall–Kier alpha value is -4.66. The molecule has 0 radical (unpaired) electrons. The molecule has 9 nitrogen and oxygen atoms in total. The molecule has 3 aromatic rings. The largest absolute Gasteiger partial charge is 0.490 e. The van der Waals surface area contributed by atoms with Crippen molar-refractivity contribution in [3.63, 3.8) is 0 Å². The van der Waals surface area contributed by atoms with Crippen LogP contribution in [0.15, 0.2) is 77.9 Å². The number of hydrazone groups is 1. The third-order valence-corrected chi connectivity index (χ3v) is 4.92. The van der Waals surface area contributed by atoms with E-state index in [0.717, 1.165) is 12.0 Å². The third-order valence-electron chi connectivity index (χ3n) is 4.92. The van der Waals surface area contributed by atoms with Crippen LogP contribution in [0.25, 0.3) is 0 Å². The third kappa shape index (κ3) is 7.69. The van der Waals surface area contributed by atoms with Crippen molar-refractivity contribution in [3.05, 3.63) is 83.9 Å². The maximum Gasteiger partial charge on any atom is 0.329 e. The monoisotopic (exact) mass is 488 g/mol. The van der Waals surface area contributed by atoms with Crippen molar-refractivity contribution in [1.82, 2.24) is 5.43 Å². The van der Waals surface area contributed by atoms with E-state index < -0.39 is 11.8 Å². The maximum absolute atomic E-state index is 12.2. The number of para-hydroxylation sites is 2. The standard InChI is InChI=1S/C27H28N4O5/c1-3-20-10-8-9-13-22(20)30-26(33)27(34)31-28-17-19-14-15-23(24(16-19)35-4-2)36-18-25(32)29-21-11-6-5-7-12-21/h5-17H,3-4,18H2,1-2H3,(H,29,32)(H,30,33)(H,31,34)/b28-17-. The number of nitrogens with zero attached hydrogens (tertiary/aromatic N) is 1. The SMILES string of the molecule is CCOc1cc(/C=N\NC(=O)C(=O)Nc2ccccc2CC)ccc1OCC(=O)Nc1ccccc1. The number of carbonyl (C=O) groups is 3. The summed E-state index contributed by atoms with van der Waals surface area (Å²) in [7, 11) is 0. The van der Waals surface area contributed by atoms with Crippen molar-refractivity contribution in [3.8, 4) is 11.5 Å². The van der Waals surface area contributed by atoms with Crippen molar-refractivity contribution in [2.24, 2.45) is 5.10 Å². The van der Waals surface area contributed by atoms with E-state index in [1.807, 2.05) is 44.2 Å². The van der Waals surface area contributed by atoms with Gasteiger partial charge in [0, 0.05) is 11.4 Å². The number of amides is 3. The van der Waals surface area contributed by atoms with E-state index >= 15 is 0 Å². The molecule has 9 heteroatoms. The maximum atomic E-state index is 12.2. The van der Waals surface area contributed by atoms with Gasteiger partial charge in [0.05, 0.1) is 12.8 Å². The highest BCUT2D eigenvalue weighted by atomic mass is 16.5. The zero-order valence-corrected chi connectivity index (χ0v) is 20.1. The second kappa shape index (κ2) is 13.3. The van der Waals surface area contributed by atoms with Gasteiger partial charge in [0.2, 0.25) is 0 Å². The molecule has 0 aliphatic heterocycles. The minimum Gasteiger partial charge on any atom is -0.490 e. The van der Waals surface area contributed by atoms with Crippen molar-refractivity contribution < 1.29 is 23.9 Å². The first-order chi connectivity index (χ1) is 17.5. The molecule has 0 bridgehead atoms. The van der Waals surface area contributed by atoms with Crippen molar-refractivity contribution in [2.45, 2.75) is 20.3 Å². The molecule has 3 amide bonds. The smallest absolute Gasteiger partial charge is 0.329 e. The molecule has 3 aromatic carbocycles. The highest BCUT2D eigenvalue weighted by Crippen LogP contribution is 2.28. The number of anilines is 2. The van der Waals surface area contributed by atoms with Crippen LogP contribution in [0, 0.1) is 0 Å². The molecular formula is C27H28N4O5. The Morgan fingerprint density at radius 1 is 0.833 bits per heavy atom. The van der Waals surface area contributed by atoms with Gasteiger partial charge in [-0.05, 0) is 60.9 Å². The molecule has 3 rings (SSSR count). The van der Waals surface area contributed by atoms with Gasteiger partial charge in [0.25, 0.3) is 5.91 Å². The van der Waals surface area contributed by atoms with Gasteiger partial charge in [-0.1, -0.05) is 43.3 Å². The number of benzene rings is 3. The first-order valence-corrected chi connectivity index (χ1v) is 11.5. The first-order valence-electron chi connectivity index (χ1n) is 11.5. The Bertz CT molecular complexity index is 1230. The van der Waals surface area contributed by atoms with Gasteiger partial charge in [-0.15, -0.1) is 0 Å². The van der Waals surface area contributed by atoms with Gasteiger partial charge in [-0.25, -0.2) is 5.43 Å². The fourth-order valence-electron chi connectivity index (χ4n) is 3.20. The van der Waals surface area contributed by atoms with E-state index in [2.05, 4.69) is 21.2 Å². The normalized spacial score (nSPS) is 10.5. The van der Waals surface area contributed by atoms with E-state index in [1.165, 1.54) is 6.21 Å². The first kappa shape index (κ1) is 26.0. The zero-order valence-electron chi connectivity index (χ0n) is 20.1. The van der Waals surface area contributed by atoms with Gasteiger partial charge in [0.15, 0.2) is 18.1 Å². The second-order valence-electron chi connectivity index (χ2n) is 7.51. The Labute approximate surface area is 209 Å². The number of ether oxygens (including phenoxy) is 2. The lowest BCUT2D eigenvalue weighted by atomic mass is 10.1. The van der Waals surface area contributed by atoms with Gasteiger partial charge in [-0.2, -0.15) is 5.10 Å². The average molecular weight is 489 g/mol. The Morgan fingerprint density at radius 3 is 2.33 bits per heavy atom. The van der Waals surface area contributed by atoms with E-state index in [4.69, 9.17) is 9.47 Å². The molecule has 0 atom stereocenters. The quantitative estimate of drug-likeness (QED) is 0.228. The second-order valence-corrected chi connectivity index (χ2v) is 7.51. The summed E-state index contributed by atoms with van der Waals surface area (Å²) in [6.07, 6.45) is 2.09. The van der Waals surface area contributed by atoms with Crippen LogP contribution in [0.4, 0.5) is 11.4 Å². The molecule has 0 saturated heterocycles. The van der Waals surface area contributed by atoms with Gasteiger partial charge in [0.1, 0.15) is 0 Å². The molecule has 0 aliphatic carbocycles. The molecule has 0 aliphatic rings. The van der Waals surface area contributed by atoms with Crippen LogP contribution in [0.5, 0.6) is 11.5 Å². The lowest BCUT2D eigenvalue weighted by Crippen LogP contribution is -2.32. The van der Waals surface area contributed by atoms with Crippen LogP contribution in [0.3, 0.4) is 0 Å². The van der Waals surface area contributed by atoms with Crippen molar-refractivity contribution in [2.75, 3.05) is 23.8 Å². The molecule has 0 fully saturated rings. The van der Waals surface area contributed by atoms with Crippen molar-refractivity contribution >= 4 is 35.3 Å². The Morgan fingerprint density at radius 2 is 1.58 bits per heavy atom. The lowest BCUT2D eigenvalue weighted by molar-refractivity contribution is -0.136. The topological polar surface area (TPSA) is 118 Å². The van der Waals surface area contributed by atoms with Gasteiger partial charge < -0.3 is 20.1 Å². The van der Waals surface area contributed by atoms with Gasteiger partial charge >= 0.3 is 11.8 Å². The van der Waals surface area contributed by atoms with E-state index in [0.29, 0.717) is 35.0 Å². The summed E-state index contributed by atoms with van der Waals surface area (Å²) in [5, 5.41) is 9.19. The molecule has 186 valence electrons. The number of nitrogens with one attached hydrogen (secondary N) is 3. The summed E-state index contributed by atoms with van der Waals surface area (Å²) in [5.41, 5.74) is 4.98. The van der Waals surface area contributed by atoms with Crippen molar-refractivity contribution in [1.29, 1.82) is 0 Å². The van der Waals surface area contributed by atoms with Gasteiger partial charge in [-0.3, -0.25) is 14.4 Å². The van der Waals surface area contributed by atoms with E-state index in [1.54, 1.807) is 42.5 Å². The van der Waals surface area contributed by atoms with Crippen LogP contribution in [0.2, 0.25) is 0 Å². The predicted molar refractivity (Wildman–Crippen MR) is 138 cm³/mol. The molecule has 0 spiro atoms. The Balaban J connectivity index is 1.56. The highest BCUT2D eigenvalue weighted by molar-refractivity contribution is 6.39. The van der Waals surface area contributed by atoms with Crippen LogP contribution in [-0.2, 0) is 20.8 Å². The molecular weight excluding hydrogens is 460 g/mol. The molecule has 0 saturated carbocycles. The molecule has 36 heavy (non-hydrogen) atoms. The zero-order chi connectivity index (χ0) is 25.8. The lowest BCUT2D eigenvalue weighted by Gasteiger charge is -2.12. The number of aryl methyl sites for hydroxylation is 1. The number of carbonyl (C=O) groups excluding carboxylic acids is 3. The predicted octanol–water partition coefficient (Wildman–Crippen LogP) is 3.75. The number of hydrogen-bond acceptors (Lipinski definition) is 6. The summed E-state index contributed by atoms with van der Waals surface area (Å²) in [6.45, 7) is 3.96. The van der Waals surface area contributed by atoms with Crippen LogP contribution in [-0.4, -0.2) is 37.1 Å². The van der Waals surface area contributed by atoms with Crippen LogP contribution < -0.4 is 25.5 Å². The summed E-state index contributed by atoms with van der Waals surface area (Å²) < 4.78 is 11.2. The highest BCUT2D eigenvalue weighted by Gasteiger charge is 2.14. The Kier molecular flexibility index (Phi) is 9.58. The number of hydrogen-bond donors (Lipinski definition) is 3. The fourth-order valence-corrected chi connectivity index (χ4v) is 3.20. The fraction of sp³-hybridized carbons (Fsp3) is 0.185. The summed E-state index contributed by atoms with van der Waals surface area (Å²) >= 11 is 0. The molecule has 0 unspecified atom stereocenters. The van der Waals surface area contributed by atoms with E-state index in [-0.39, 0.29) is 12.5 Å². The molecule has 3 N–H and O–H groups in total. The summed E-state index contributed by atoms with van der Waals surface area (Å²) in [4.78, 5) is 36.5. The minimum atomic E-state index is -0.897. The van der Waals surface area contributed by atoms with E-state index in [9.17, 15) is 14.4 Å². The van der Waals surface area contributed by atoms with Crippen LogP contribution in [0.1, 0.15) is 25.0 Å². The average Bonchev–Trinajstić information content (AvgIpc) is 2.89. The molecule has 0 heterocycles. The number of rotatable bonds is 10. The summed E-state index contributed by atoms with van der Waals surface area (Å²) in [5.74, 6) is -1.23.